The van der Waals surface area contributed by atoms with Gasteiger partial charge in [-0.2, -0.15) is 0 Å². The van der Waals surface area contributed by atoms with E-state index in [0.29, 0.717) is 12.1 Å². The Hall–Kier alpha value is -1.77. The van der Waals surface area contributed by atoms with Gasteiger partial charge in [0.25, 0.3) is 10.0 Å². The van der Waals surface area contributed by atoms with Crippen LogP contribution in [-0.4, -0.2) is 18.0 Å². The Bertz CT molecular complexity index is 728. The van der Waals surface area contributed by atoms with Gasteiger partial charge in [0.05, 0.1) is 6.33 Å². The van der Waals surface area contributed by atoms with E-state index >= 15 is 0 Å². The molecule has 0 atom stereocenters. The fourth-order valence-corrected chi connectivity index (χ4v) is 2.71. The number of aromatic nitrogens is 2. The van der Waals surface area contributed by atoms with Gasteiger partial charge in [0.15, 0.2) is 5.03 Å². The highest BCUT2D eigenvalue weighted by Gasteiger charge is 2.17. The summed E-state index contributed by atoms with van der Waals surface area (Å²) in [5, 5.41) is -0.0802. The molecule has 0 bridgehead atoms. The van der Waals surface area contributed by atoms with Gasteiger partial charge in [-0.1, -0.05) is 12.1 Å². The van der Waals surface area contributed by atoms with Crippen LogP contribution in [0.4, 0.5) is 4.39 Å². The first-order chi connectivity index (χ1) is 9.96. The minimum Gasteiger partial charge on any atom is -0.336 e. The predicted octanol–water partition coefficient (Wildman–Crippen LogP) is 0.979. The molecule has 0 aliphatic rings. The maximum absolute atomic E-state index is 13.8. The van der Waals surface area contributed by atoms with Gasteiger partial charge >= 0.3 is 0 Å². The second-order valence-electron chi connectivity index (χ2n) is 4.50. The zero-order valence-electron chi connectivity index (χ0n) is 11.6. The molecule has 1 heterocycles. The molecule has 0 fully saturated rings. The fraction of sp³-hybridized carbons (Fsp3) is 0.308. The van der Waals surface area contributed by atoms with Gasteiger partial charge < -0.3 is 10.3 Å². The Labute approximate surface area is 122 Å². The monoisotopic (exact) mass is 312 g/mol. The number of hydrogen-bond donors (Lipinski definition) is 2. The first kappa shape index (κ1) is 15.6. The van der Waals surface area contributed by atoms with Crippen molar-refractivity contribution in [2.24, 2.45) is 5.73 Å². The van der Waals surface area contributed by atoms with Crippen molar-refractivity contribution in [3.63, 3.8) is 0 Å². The Kier molecular flexibility index (Phi) is 4.71. The highest BCUT2D eigenvalue weighted by atomic mass is 32.2. The molecule has 0 spiro atoms. The minimum absolute atomic E-state index is 0.0802. The van der Waals surface area contributed by atoms with E-state index in [1.165, 1.54) is 24.7 Å². The number of halogens is 1. The smallest absolute Gasteiger partial charge is 0.259 e. The van der Waals surface area contributed by atoms with Crippen molar-refractivity contribution in [1.82, 2.24) is 14.3 Å². The third-order valence-electron chi connectivity index (χ3n) is 3.06. The van der Waals surface area contributed by atoms with E-state index in [1.807, 2.05) is 6.92 Å². The summed E-state index contributed by atoms with van der Waals surface area (Å²) in [6.45, 7) is 2.59. The molecule has 6 nitrogen and oxygen atoms in total. The first-order valence-electron chi connectivity index (χ1n) is 6.45. The third kappa shape index (κ3) is 3.66. The summed E-state index contributed by atoms with van der Waals surface area (Å²) in [6.07, 6.45) is 2.86. The molecule has 8 heteroatoms. The van der Waals surface area contributed by atoms with E-state index in [2.05, 4.69) is 9.71 Å². The predicted molar refractivity (Wildman–Crippen MR) is 76.2 cm³/mol. The summed E-state index contributed by atoms with van der Waals surface area (Å²) in [7, 11) is -3.75. The van der Waals surface area contributed by atoms with E-state index in [4.69, 9.17) is 5.73 Å². The Balaban J connectivity index is 2.11. The molecule has 0 aliphatic heterocycles. The number of nitrogens with one attached hydrogen (secondary N) is 1. The Morgan fingerprint density at radius 1 is 1.43 bits per heavy atom. The molecular weight excluding hydrogens is 295 g/mol. The van der Waals surface area contributed by atoms with Crippen molar-refractivity contribution in [2.75, 3.05) is 0 Å². The lowest BCUT2D eigenvalue weighted by Gasteiger charge is -2.07. The van der Waals surface area contributed by atoms with E-state index in [-0.39, 0.29) is 23.7 Å². The quantitative estimate of drug-likeness (QED) is 0.832. The van der Waals surface area contributed by atoms with Crippen molar-refractivity contribution in [1.29, 1.82) is 0 Å². The molecule has 0 saturated carbocycles. The van der Waals surface area contributed by atoms with Crippen molar-refractivity contribution in [3.8, 4) is 0 Å². The van der Waals surface area contributed by atoms with Gasteiger partial charge in [-0.25, -0.2) is 22.5 Å². The van der Waals surface area contributed by atoms with Crippen LogP contribution in [-0.2, 0) is 29.7 Å². The van der Waals surface area contributed by atoms with E-state index < -0.39 is 15.8 Å². The Morgan fingerprint density at radius 2 is 2.19 bits per heavy atom. The average Bonchev–Trinajstić information content (AvgIpc) is 2.95. The molecule has 0 unspecified atom stereocenters. The lowest BCUT2D eigenvalue weighted by Crippen LogP contribution is -2.24. The van der Waals surface area contributed by atoms with Gasteiger partial charge in [0.2, 0.25) is 0 Å². The number of sulfonamides is 1. The van der Waals surface area contributed by atoms with Crippen molar-refractivity contribution in [3.05, 3.63) is 47.7 Å². The second kappa shape index (κ2) is 6.33. The largest absolute Gasteiger partial charge is 0.336 e. The molecule has 21 heavy (non-hydrogen) atoms. The number of aryl methyl sites for hydroxylation is 1. The standard InChI is InChI=1S/C13H17FN4O2S/c1-2-18-8-13(16-9-18)21(19,20)17-7-11-4-3-10(6-15)5-12(11)14/h3-5,8-9,17H,2,6-7,15H2,1H3. The lowest BCUT2D eigenvalue weighted by molar-refractivity contribution is 0.571. The zero-order valence-corrected chi connectivity index (χ0v) is 12.4. The van der Waals surface area contributed by atoms with Gasteiger partial charge in [-0.3, -0.25) is 0 Å². The molecule has 2 rings (SSSR count). The fourth-order valence-electron chi connectivity index (χ4n) is 1.76. The summed E-state index contributed by atoms with van der Waals surface area (Å²) in [5.41, 5.74) is 6.32. The van der Waals surface area contributed by atoms with Crippen LogP contribution in [0.2, 0.25) is 0 Å². The second-order valence-corrected chi connectivity index (χ2v) is 6.21. The van der Waals surface area contributed by atoms with Crippen LogP contribution in [0.15, 0.2) is 35.7 Å². The minimum atomic E-state index is -3.75. The maximum atomic E-state index is 13.8. The van der Waals surface area contributed by atoms with Crippen LogP contribution in [0, 0.1) is 5.82 Å². The summed E-state index contributed by atoms with van der Waals surface area (Å²) in [5.74, 6) is -0.486. The molecule has 1 aromatic carbocycles. The molecule has 114 valence electrons. The van der Waals surface area contributed by atoms with Gasteiger partial charge in [0, 0.05) is 31.4 Å². The van der Waals surface area contributed by atoms with Crippen LogP contribution >= 0.6 is 0 Å². The summed E-state index contributed by atoms with van der Waals surface area (Å²) in [4.78, 5) is 3.82. The number of rotatable bonds is 6. The molecule has 0 radical (unpaired) electrons. The number of nitrogens with zero attached hydrogens (tertiary/aromatic N) is 2. The summed E-state index contributed by atoms with van der Waals surface area (Å²) < 4.78 is 41.8. The topological polar surface area (TPSA) is 90.0 Å². The SMILES string of the molecule is CCn1cnc(S(=O)(=O)NCc2ccc(CN)cc2F)c1. The molecule has 0 saturated heterocycles. The zero-order chi connectivity index (χ0) is 15.5. The van der Waals surface area contributed by atoms with E-state index in [0.717, 1.165) is 0 Å². The molecule has 2 aromatic rings. The van der Waals surface area contributed by atoms with Gasteiger partial charge in [0.1, 0.15) is 5.82 Å². The number of hydrogen-bond acceptors (Lipinski definition) is 4. The van der Waals surface area contributed by atoms with Crippen LogP contribution in [0.3, 0.4) is 0 Å². The highest BCUT2D eigenvalue weighted by Crippen LogP contribution is 2.12. The van der Waals surface area contributed by atoms with Crippen LogP contribution in [0.1, 0.15) is 18.1 Å². The normalized spacial score (nSPS) is 11.8. The van der Waals surface area contributed by atoms with Gasteiger partial charge in [-0.15, -0.1) is 0 Å². The number of benzene rings is 1. The van der Waals surface area contributed by atoms with Crippen LogP contribution in [0.25, 0.3) is 0 Å². The summed E-state index contributed by atoms with van der Waals surface area (Å²) in [6, 6.07) is 4.48. The van der Waals surface area contributed by atoms with E-state index in [9.17, 15) is 12.8 Å². The molecule has 3 N–H and O–H groups in total. The third-order valence-corrected chi connectivity index (χ3v) is 4.34. The lowest BCUT2D eigenvalue weighted by atomic mass is 10.1. The average molecular weight is 312 g/mol. The van der Waals surface area contributed by atoms with Crippen molar-refractivity contribution < 1.29 is 12.8 Å². The van der Waals surface area contributed by atoms with Crippen molar-refractivity contribution >= 4 is 10.0 Å². The van der Waals surface area contributed by atoms with E-state index in [1.54, 1.807) is 10.6 Å². The Morgan fingerprint density at radius 3 is 2.76 bits per heavy atom. The first-order valence-corrected chi connectivity index (χ1v) is 7.93. The highest BCUT2D eigenvalue weighted by molar-refractivity contribution is 7.89. The number of nitrogens with two attached hydrogens (primary N) is 1. The number of imidazole rings is 1. The maximum Gasteiger partial charge on any atom is 0.259 e. The molecular formula is C13H17FN4O2S. The molecule has 1 aromatic heterocycles. The van der Waals surface area contributed by atoms with Crippen molar-refractivity contribution in [2.45, 2.75) is 31.6 Å². The molecule has 0 amide bonds. The summed E-state index contributed by atoms with van der Waals surface area (Å²) >= 11 is 0. The van der Waals surface area contributed by atoms with Crippen LogP contribution in [0.5, 0.6) is 0 Å². The van der Waals surface area contributed by atoms with Crippen LogP contribution < -0.4 is 10.5 Å². The van der Waals surface area contributed by atoms with Gasteiger partial charge in [-0.05, 0) is 18.6 Å². The molecule has 0 aliphatic carbocycles.